The maximum absolute atomic E-state index is 11.5. The average Bonchev–Trinajstić information content (AvgIpc) is 2.15. The maximum atomic E-state index is 11.5. The summed E-state index contributed by atoms with van der Waals surface area (Å²) >= 11 is 11.5. The first-order chi connectivity index (χ1) is 6.86. The molecule has 1 rings (SSSR count). The molecule has 0 radical (unpaired) electrons. The maximum Gasteiger partial charge on any atom is 0.179 e. The molecular weight excluding hydrogens is 231 g/mol. The van der Waals surface area contributed by atoms with Gasteiger partial charge in [0, 0.05) is 5.56 Å². The van der Waals surface area contributed by atoms with Crippen LogP contribution in [0.4, 0.5) is 0 Å². The Morgan fingerprint density at radius 2 is 1.93 bits per heavy atom. The quantitative estimate of drug-likeness (QED) is 0.567. The molecule has 0 N–H and O–H groups in total. The molecular formula is C12H14Cl2O. The van der Waals surface area contributed by atoms with Crippen molar-refractivity contribution in [3.8, 4) is 0 Å². The van der Waals surface area contributed by atoms with Crippen LogP contribution in [0.25, 0.3) is 0 Å². The zero-order valence-electron chi connectivity index (χ0n) is 9.10. The Labute approximate surface area is 100 Å². The number of alkyl halides is 1. The number of halogens is 2. The molecule has 1 aromatic rings. The summed E-state index contributed by atoms with van der Waals surface area (Å²) in [6, 6.07) is 5.52. The number of hydrogen-bond donors (Lipinski definition) is 0. The van der Waals surface area contributed by atoms with E-state index in [1.165, 1.54) is 0 Å². The van der Waals surface area contributed by atoms with Crippen molar-refractivity contribution in [2.24, 2.45) is 0 Å². The van der Waals surface area contributed by atoms with E-state index in [9.17, 15) is 4.79 Å². The lowest BCUT2D eigenvalue weighted by Crippen LogP contribution is -2.13. The minimum Gasteiger partial charge on any atom is -0.293 e. The van der Waals surface area contributed by atoms with Gasteiger partial charge in [0.2, 0.25) is 0 Å². The monoisotopic (exact) mass is 244 g/mol. The van der Waals surface area contributed by atoms with Crippen molar-refractivity contribution in [2.45, 2.75) is 26.2 Å². The fourth-order valence-electron chi connectivity index (χ4n) is 1.28. The molecule has 0 amide bonds. The van der Waals surface area contributed by atoms with E-state index in [1.54, 1.807) is 6.07 Å². The first-order valence-electron chi connectivity index (χ1n) is 4.75. The van der Waals surface area contributed by atoms with Crippen LogP contribution in [0.3, 0.4) is 0 Å². The van der Waals surface area contributed by atoms with Crippen molar-refractivity contribution in [1.82, 2.24) is 0 Å². The normalized spacial score (nSPS) is 11.5. The van der Waals surface area contributed by atoms with Gasteiger partial charge in [0.25, 0.3) is 0 Å². The molecule has 0 aliphatic carbocycles. The fourth-order valence-corrected chi connectivity index (χ4v) is 1.64. The number of Topliss-reactive ketones (excluding diaryl/α,β-unsaturated/α-hetero) is 1. The van der Waals surface area contributed by atoms with E-state index in [0.717, 1.165) is 5.56 Å². The molecule has 15 heavy (non-hydrogen) atoms. The summed E-state index contributed by atoms with van der Waals surface area (Å²) in [5, 5.41) is 0.466. The summed E-state index contributed by atoms with van der Waals surface area (Å²) in [6.45, 7) is 6.27. The lowest BCUT2D eigenvalue weighted by Gasteiger charge is -2.19. The highest BCUT2D eigenvalue weighted by Crippen LogP contribution is 2.27. The summed E-state index contributed by atoms with van der Waals surface area (Å²) in [7, 11) is 0. The minimum atomic E-state index is -0.132. The van der Waals surface area contributed by atoms with Crippen LogP contribution in [0.1, 0.15) is 36.7 Å². The van der Waals surface area contributed by atoms with Gasteiger partial charge in [-0.1, -0.05) is 38.4 Å². The molecule has 1 nitrogen and oxygen atoms in total. The number of benzene rings is 1. The molecule has 0 spiro atoms. The van der Waals surface area contributed by atoms with Crippen molar-refractivity contribution >= 4 is 29.0 Å². The number of ketones is 1. The topological polar surface area (TPSA) is 17.1 Å². The highest BCUT2D eigenvalue weighted by molar-refractivity contribution is 6.37. The van der Waals surface area contributed by atoms with Crippen molar-refractivity contribution in [3.63, 3.8) is 0 Å². The fraction of sp³-hybridized carbons (Fsp3) is 0.417. The van der Waals surface area contributed by atoms with Crippen LogP contribution in [-0.4, -0.2) is 11.7 Å². The molecule has 0 aromatic heterocycles. The first-order valence-corrected chi connectivity index (χ1v) is 5.66. The molecule has 0 aliphatic rings. The third-order valence-electron chi connectivity index (χ3n) is 2.25. The van der Waals surface area contributed by atoms with Crippen LogP contribution in [0.2, 0.25) is 5.02 Å². The van der Waals surface area contributed by atoms with Gasteiger partial charge in [0.1, 0.15) is 0 Å². The second kappa shape index (κ2) is 4.54. The second-order valence-electron chi connectivity index (χ2n) is 4.50. The summed E-state index contributed by atoms with van der Waals surface area (Å²) in [5.41, 5.74) is 1.60. The molecule has 0 heterocycles. The van der Waals surface area contributed by atoms with Crippen LogP contribution < -0.4 is 0 Å². The van der Waals surface area contributed by atoms with Crippen LogP contribution in [-0.2, 0) is 5.41 Å². The summed E-state index contributed by atoms with van der Waals surface area (Å²) < 4.78 is 0. The molecule has 0 atom stereocenters. The lowest BCUT2D eigenvalue weighted by molar-refractivity contribution is 0.102. The Morgan fingerprint density at radius 1 is 1.33 bits per heavy atom. The van der Waals surface area contributed by atoms with Gasteiger partial charge in [-0.15, -0.1) is 11.6 Å². The van der Waals surface area contributed by atoms with E-state index in [-0.39, 0.29) is 17.1 Å². The van der Waals surface area contributed by atoms with Crippen LogP contribution in [0, 0.1) is 0 Å². The van der Waals surface area contributed by atoms with Gasteiger partial charge < -0.3 is 0 Å². The standard InChI is InChI=1S/C12H14Cl2O/c1-12(2,3)8-4-5-10(14)9(6-8)11(15)7-13/h4-6H,7H2,1-3H3. The zero-order valence-corrected chi connectivity index (χ0v) is 10.6. The molecule has 0 bridgehead atoms. The van der Waals surface area contributed by atoms with Gasteiger partial charge in [0.05, 0.1) is 10.9 Å². The molecule has 0 unspecified atom stereocenters. The van der Waals surface area contributed by atoms with Crippen molar-refractivity contribution < 1.29 is 4.79 Å². The SMILES string of the molecule is CC(C)(C)c1ccc(Cl)c(C(=O)CCl)c1. The number of hydrogen-bond acceptors (Lipinski definition) is 1. The number of carbonyl (C=O) groups excluding carboxylic acids is 1. The van der Waals surface area contributed by atoms with Gasteiger partial charge in [-0.2, -0.15) is 0 Å². The first kappa shape index (κ1) is 12.5. The van der Waals surface area contributed by atoms with Crippen LogP contribution in [0.15, 0.2) is 18.2 Å². The molecule has 0 fully saturated rings. The van der Waals surface area contributed by atoms with Gasteiger partial charge >= 0.3 is 0 Å². The Hall–Kier alpha value is -0.530. The summed E-state index contributed by atoms with van der Waals surface area (Å²) in [6.07, 6.45) is 0. The number of carbonyl (C=O) groups is 1. The summed E-state index contributed by atoms with van der Waals surface area (Å²) in [4.78, 5) is 11.5. The predicted molar refractivity (Wildman–Crippen MR) is 65.2 cm³/mol. The van der Waals surface area contributed by atoms with Gasteiger partial charge in [-0.05, 0) is 23.1 Å². The van der Waals surface area contributed by atoms with Crippen molar-refractivity contribution in [3.05, 3.63) is 34.3 Å². The zero-order chi connectivity index (χ0) is 11.6. The number of rotatable bonds is 2. The van der Waals surface area contributed by atoms with Gasteiger partial charge in [-0.3, -0.25) is 4.79 Å². The highest BCUT2D eigenvalue weighted by atomic mass is 35.5. The van der Waals surface area contributed by atoms with E-state index >= 15 is 0 Å². The smallest absolute Gasteiger partial charge is 0.179 e. The minimum absolute atomic E-state index is 0.00588. The lowest BCUT2D eigenvalue weighted by atomic mass is 9.86. The van der Waals surface area contributed by atoms with Gasteiger partial charge in [0.15, 0.2) is 5.78 Å². The van der Waals surface area contributed by atoms with E-state index in [2.05, 4.69) is 20.8 Å². The van der Waals surface area contributed by atoms with Gasteiger partial charge in [-0.25, -0.2) is 0 Å². The third-order valence-corrected chi connectivity index (χ3v) is 2.83. The van der Waals surface area contributed by atoms with E-state index in [1.807, 2.05) is 12.1 Å². The molecule has 0 aliphatic heterocycles. The van der Waals surface area contributed by atoms with E-state index in [0.29, 0.717) is 10.6 Å². The Kier molecular flexibility index (Phi) is 3.80. The summed E-state index contributed by atoms with van der Waals surface area (Å²) in [5.74, 6) is -0.166. The van der Waals surface area contributed by atoms with Crippen molar-refractivity contribution in [2.75, 3.05) is 5.88 Å². The highest BCUT2D eigenvalue weighted by Gasteiger charge is 2.17. The second-order valence-corrected chi connectivity index (χ2v) is 5.18. The molecule has 0 saturated heterocycles. The third kappa shape index (κ3) is 2.96. The van der Waals surface area contributed by atoms with Crippen molar-refractivity contribution in [1.29, 1.82) is 0 Å². The largest absolute Gasteiger partial charge is 0.293 e. The van der Waals surface area contributed by atoms with E-state index in [4.69, 9.17) is 23.2 Å². The predicted octanol–water partition coefficient (Wildman–Crippen LogP) is 4.06. The molecule has 0 saturated carbocycles. The van der Waals surface area contributed by atoms with Crippen LogP contribution >= 0.6 is 23.2 Å². The van der Waals surface area contributed by atoms with E-state index < -0.39 is 0 Å². The molecule has 82 valence electrons. The Bertz CT molecular complexity index is 378. The Morgan fingerprint density at radius 3 is 2.40 bits per heavy atom. The van der Waals surface area contributed by atoms with Crippen LogP contribution in [0.5, 0.6) is 0 Å². The average molecular weight is 245 g/mol. The Balaban J connectivity index is 3.23. The molecule has 1 aromatic carbocycles. The molecule has 3 heteroatoms.